The quantitative estimate of drug-likeness (QED) is 0.397. The van der Waals surface area contributed by atoms with Gasteiger partial charge in [-0.05, 0) is 5.57 Å². The Labute approximate surface area is 64.4 Å². The van der Waals surface area contributed by atoms with Crippen LogP contribution in [0.5, 0.6) is 0 Å². The molecule has 1 atom stereocenters. The van der Waals surface area contributed by atoms with Crippen LogP contribution in [0.25, 0.3) is 0 Å². The molecule has 56 valence electrons. The van der Waals surface area contributed by atoms with E-state index in [2.05, 4.69) is 0 Å². The summed E-state index contributed by atoms with van der Waals surface area (Å²) < 4.78 is 0. The Kier molecular flexibility index (Phi) is 1.20. The Morgan fingerprint density at radius 1 is 1.45 bits per heavy atom. The highest BCUT2D eigenvalue weighted by Crippen LogP contribution is 2.25. The average Bonchev–Trinajstić information content (AvgIpc) is 2.30. The van der Waals surface area contributed by atoms with Crippen LogP contribution in [0.2, 0.25) is 0 Å². The molecule has 2 aliphatic rings. The summed E-state index contributed by atoms with van der Waals surface area (Å²) in [7, 11) is 0. The average molecular weight is 148 g/mol. The highest BCUT2D eigenvalue weighted by atomic mass is 16.2. The van der Waals surface area contributed by atoms with Crippen LogP contribution in [0.15, 0.2) is 36.1 Å². The minimum Gasteiger partial charge on any atom is -0.272 e. The van der Waals surface area contributed by atoms with Gasteiger partial charge in [-0.1, -0.05) is 24.3 Å². The largest absolute Gasteiger partial charge is 0.272 e. The van der Waals surface area contributed by atoms with E-state index in [0.717, 1.165) is 10.6 Å². The highest BCUT2D eigenvalue weighted by molar-refractivity contribution is 5.88. The number of rotatable bonds is 0. The van der Waals surface area contributed by atoms with E-state index < -0.39 is 0 Å². The van der Waals surface area contributed by atoms with Crippen molar-refractivity contribution in [3.63, 3.8) is 0 Å². The normalized spacial score (nSPS) is 27.4. The van der Waals surface area contributed by atoms with Gasteiger partial charge in [0.25, 0.3) is 5.91 Å². The maximum Gasteiger partial charge on any atom is 0.252 e. The monoisotopic (exact) mass is 148 g/mol. The van der Waals surface area contributed by atoms with E-state index in [1.54, 1.807) is 6.20 Å². The van der Waals surface area contributed by atoms with Gasteiger partial charge in [0.15, 0.2) is 0 Å². The van der Waals surface area contributed by atoms with Gasteiger partial charge in [-0.15, -0.1) is 0 Å². The summed E-state index contributed by atoms with van der Waals surface area (Å²) in [5, 5.41) is 1.14. The van der Waals surface area contributed by atoms with Crippen molar-refractivity contribution in [3.8, 4) is 0 Å². The summed E-state index contributed by atoms with van der Waals surface area (Å²) in [6.45, 7) is 0. The minimum absolute atomic E-state index is 0.0550. The second-order valence-electron chi connectivity index (χ2n) is 2.60. The molecule has 0 saturated carbocycles. The number of fused-ring (bicyclic) bond motifs is 1. The summed E-state index contributed by atoms with van der Waals surface area (Å²) in [5.74, 6) is 5.19. The standard InChI is InChI=1S/C8H8N2O/c9-10-5-6-3-1-2-4-7(6)8(10)11/h1-5,7H,9H2. The molecule has 0 aromatic heterocycles. The molecule has 3 heteroatoms. The maximum absolute atomic E-state index is 11.2. The molecular weight excluding hydrogens is 140 g/mol. The van der Waals surface area contributed by atoms with E-state index in [1.165, 1.54) is 0 Å². The maximum atomic E-state index is 11.2. The number of nitrogens with two attached hydrogens (primary N) is 1. The number of hydrogen-bond acceptors (Lipinski definition) is 2. The fourth-order valence-electron chi connectivity index (χ4n) is 1.29. The predicted molar refractivity (Wildman–Crippen MR) is 40.9 cm³/mol. The molecule has 0 aromatic carbocycles. The Hall–Kier alpha value is -1.35. The van der Waals surface area contributed by atoms with Gasteiger partial charge in [0.2, 0.25) is 0 Å². The number of carbonyl (C=O) groups is 1. The van der Waals surface area contributed by atoms with Gasteiger partial charge in [0, 0.05) is 6.20 Å². The third kappa shape index (κ3) is 0.816. The molecule has 0 spiro atoms. The van der Waals surface area contributed by atoms with Gasteiger partial charge >= 0.3 is 0 Å². The first-order valence-corrected chi connectivity index (χ1v) is 3.43. The van der Waals surface area contributed by atoms with Crippen LogP contribution in [0.4, 0.5) is 0 Å². The van der Waals surface area contributed by atoms with Gasteiger partial charge in [0.05, 0.1) is 5.92 Å². The van der Waals surface area contributed by atoms with Crippen molar-refractivity contribution < 1.29 is 4.79 Å². The topological polar surface area (TPSA) is 46.3 Å². The molecule has 11 heavy (non-hydrogen) atoms. The third-order valence-corrected chi connectivity index (χ3v) is 1.87. The number of hydrogen-bond donors (Lipinski definition) is 1. The fourth-order valence-corrected chi connectivity index (χ4v) is 1.29. The van der Waals surface area contributed by atoms with Crippen molar-refractivity contribution in [2.75, 3.05) is 0 Å². The number of nitrogens with zero attached hydrogens (tertiary/aromatic N) is 1. The Morgan fingerprint density at radius 3 is 3.00 bits per heavy atom. The van der Waals surface area contributed by atoms with Gasteiger partial charge in [-0.25, -0.2) is 5.84 Å². The van der Waals surface area contributed by atoms with Crippen molar-refractivity contribution in [1.82, 2.24) is 5.01 Å². The van der Waals surface area contributed by atoms with Gasteiger partial charge in [-0.3, -0.25) is 9.80 Å². The molecule has 0 bridgehead atoms. The lowest BCUT2D eigenvalue weighted by Gasteiger charge is -2.08. The van der Waals surface area contributed by atoms with E-state index in [1.807, 2.05) is 24.3 Å². The van der Waals surface area contributed by atoms with Crippen molar-refractivity contribution in [2.45, 2.75) is 0 Å². The van der Waals surface area contributed by atoms with Crippen LogP contribution >= 0.6 is 0 Å². The molecule has 2 rings (SSSR count). The second-order valence-corrected chi connectivity index (χ2v) is 2.60. The number of hydrazine groups is 1. The molecule has 2 N–H and O–H groups in total. The molecule has 3 nitrogen and oxygen atoms in total. The van der Waals surface area contributed by atoms with Gasteiger partial charge in [-0.2, -0.15) is 0 Å². The lowest BCUT2D eigenvalue weighted by molar-refractivity contribution is -0.129. The van der Waals surface area contributed by atoms with E-state index in [4.69, 9.17) is 5.84 Å². The lowest BCUT2D eigenvalue weighted by atomic mass is 9.97. The van der Waals surface area contributed by atoms with Crippen LogP contribution in [-0.2, 0) is 4.79 Å². The molecule has 1 aliphatic carbocycles. The molecule has 1 unspecified atom stereocenters. The summed E-state index contributed by atoms with van der Waals surface area (Å²) in [6.07, 6.45) is 9.16. The molecule has 0 aromatic rings. The zero-order valence-electron chi connectivity index (χ0n) is 5.90. The fraction of sp³-hybridized carbons (Fsp3) is 0.125. The Morgan fingerprint density at radius 2 is 2.27 bits per heavy atom. The van der Waals surface area contributed by atoms with Crippen molar-refractivity contribution in [3.05, 3.63) is 36.1 Å². The highest BCUT2D eigenvalue weighted by Gasteiger charge is 2.29. The van der Waals surface area contributed by atoms with Crippen molar-refractivity contribution in [2.24, 2.45) is 11.8 Å². The number of carbonyl (C=O) groups excluding carboxylic acids is 1. The summed E-state index contributed by atoms with van der Waals surface area (Å²) in [6, 6.07) is 0. The first-order valence-electron chi connectivity index (χ1n) is 3.43. The second kappa shape index (κ2) is 2.07. The Balaban J connectivity index is 2.40. The van der Waals surface area contributed by atoms with Crippen molar-refractivity contribution >= 4 is 5.91 Å². The first-order chi connectivity index (χ1) is 5.29. The van der Waals surface area contributed by atoms with Crippen LogP contribution in [0.3, 0.4) is 0 Å². The molecule has 1 aliphatic heterocycles. The molecular formula is C8H8N2O. The van der Waals surface area contributed by atoms with Gasteiger partial charge in [0.1, 0.15) is 0 Å². The smallest absolute Gasteiger partial charge is 0.252 e. The minimum atomic E-state index is -0.134. The summed E-state index contributed by atoms with van der Waals surface area (Å²) >= 11 is 0. The van der Waals surface area contributed by atoms with Crippen LogP contribution in [-0.4, -0.2) is 10.9 Å². The lowest BCUT2D eigenvalue weighted by Crippen LogP contribution is -2.31. The predicted octanol–water partition coefficient (Wildman–Crippen LogP) is 0.328. The zero-order valence-corrected chi connectivity index (χ0v) is 5.90. The summed E-state index contributed by atoms with van der Waals surface area (Å²) in [4.78, 5) is 11.2. The molecule has 1 amide bonds. The van der Waals surface area contributed by atoms with E-state index in [-0.39, 0.29) is 11.8 Å². The SMILES string of the molecule is NN1C=C2C=CC=CC2C1=O. The van der Waals surface area contributed by atoms with Crippen molar-refractivity contribution in [1.29, 1.82) is 0 Å². The zero-order chi connectivity index (χ0) is 7.84. The van der Waals surface area contributed by atoms with E-state index in [0.29, 0.717) is 0 Å². The van der Waals surface area contributed by atoms with Crippen LogP contribution in [0.1, 0.15) is 0 Å². The Bertz CT molecular complexity index is 288. The number of amides is 1. The molecule has 0 fully saturated rings. The van der Waals surface area contributed by atoms with E-state index in [9.17, 15) is 4.79 Å². The third-order valence-electron chi connectivity index (χ3n) is 1.87. The van der Waals surface area contributed by atoms with E-state index >= 15 is 0 Å². The molecule has 0 radical (unpaired) electrons. The van der Waals surface area contributed by atoms with Crippen LogP contribution in [0, 0.1) is 5.92 Å². The molecule has 1 heterocycles. The molecule has 0 saturated heterocycles. The number of allylic oxidation sites excluding steroid dienone is 3. The van der Waals surface area contributed by atoms with Gasteiger partial charge < -0.3 is 0 Å². The first kappa shape index (κ1) is 6.37. The summed E-state index contributed by atoms with van der Waals surface area (Å²) in [5.41, 5.74) is 0.972. The van der Waals surface area contributed by atoms with Crippen LogP contribution < -0.4 is 5.84 Å².